The first kappa shape index (κ1) is 22.9. The number of carboxylic acids is 1. The summed E-state index contributed by atoms with van der Waals surface area (Å²) in [5.74, 6) is -0.0725. The van der Waals surface area contributed by atoms with Crippen LogP contribution in [0.25, 0.3) is 0 Å². The van der Waals surface area contributed by atoms with Gasteiger partial charge < -0.3 is 5.11 Å². The minimum atomic E-state index is -0.834. The molecule has 1 fully saturated rings. The Labute approximate surface area is 159 Å². The molecule has 0 amide bonds. The van der Waals surface area contributed by atoms with Crippen molar-refractivity contribution < 1.29 is 19.7 Å². The molecule has 1 aliphatic rings. The van der Waals surface area contributed by atoms with Crippen LogP contribution in [-0.4, -0.2) is 22.8 Å². The fourth-order valence-electron chi connectivity index (χ4n) is 3.70. The second-order valence-electron chi connectivity index (χ2n) is 7.47. The van der Waals surface area contributed by atoms with Gasteiger partial charge in [-0.25, -0.2) is 9.78 Å². The number of allylic oxidation sites excluding steroid dienone is 3. The van der Waals surface area contributed by atoms with E-state index in [1.165, 1.54) is 5.57 Å². The molecule has 150 valence electrons. The molecule has 0 saturated carbocycles. The van der Waals surface area contributed by atoms with Crippen molar-refractivity contribution in [2.45, 2.75) is 97.7 Å². The third kappa shape index (κ3) is 6.88. The average Bonchev–Trinajstić information content (AvgIpc) is 2.65. The van der Waals surface area contributed by atoms with Crippen LogP contribution in [-0.2, 0) is 14.6 Å². The normalized spacial score (nSPS) is 28.4. The standard InChI is InChI=1S/C22H38O4/c1-6-11-12-17(7-2)13-18(8-3)15-22(10-5)16-19(9-4)20(25-26-22)14-21(23)24/h11-12,15,17,19-20H,6-10,13-14,16H2,1-5H3,(H,23,24)/b12-11+,18-15+/t17-,19+,20?,22+/m0/s1. The molecule has 0 spiro atoms. The van der Waals surface area contributed by atoms with Gasteiger partial charge in [-0.05, 0) is 50.4 Å². The number of hydrogen-bond acceptors (Lipinski definition) is 3. The van der Waals surface area contributed by atoms with Crippen molar-refractivity contribution in [1.29, 1.82) is 0 Å². The number of rotatable bonds is 11. The maximum absolute atomic E-state index is 11.1. The molecule has 0 aromatic rings. The Morgan fingerprint density at radius 3 is 2.50 bits per heavy atom. The summed E-state index contributed by atoms with van der Waals surface area (Å²) >= 11 is 0. The summed E-state index contributed by atoms with van der Waals surface area (Å²) in [7, 11) is 0. The molecular formula is C22H38O4. The summed E-state index contributed by atoms with van der Waals surface area (Å²) in [6.45, 7) is 10.8. The quantitative estimate of drug-likeness (QED) is 0.356. The number of aliphatic carboxylic acids is 1. The van der Waals surface area contributed by atoms with Crippen molar-refractivity contribution in [3.05, 3.63) is 23.8 Å². The number of carbonyl (C=O) groups is 1. The molecule has 26 heavy (non-hydrogen) atoms. The summed E-state index contributed by atoms with van der Waals surface area (Å²) in [6.07, 6.45) is 13.3. The van der Waals surface area contributed by atoms with E-state index in [1.54, 1.807) is 0 Å². The van der Waals surface area contributed by atoms with Crippen molar-refractivity contribution in [1.82, 2.24) is 0 Å². The van der Waals surface area contributed by atoms with E-state index in [9.17, 15) is 4.79 Å². The Kier molecular flexibility index (Phi) is 10.2. The van der Waals surface area contributed by atoms with E-state index in [4.69, 9.17) is 14.9 Å². The van der Waals surface area contributed by atoms with Crippen molar-refractivity contribution >= 4 is 5.97 Å². The molecule has 1 heterocycles. The molecular weight excluding hydrogens is 328 g/mol. The van der Waals surface area contributed by atoms with Crippen molar-refractivity contribution in [2.24, 2.45) is 11.8 Å². The van der Waals surface area contributed by atoms with Crippen molar-refractivity contribution in [2.75, 3.05) is 0 Å². The largest absolute Gasteiger partial charge is 0.481 e. The van der Waals surface area contributed by atoms with Gasteiger partial charge in [0.15, 0.2) is 0 Å². The van der Waals surface area contributed by atoms with Crippen molar-refractivity contribution in [3.8, 4) is 0 Å². The van der Waals surface area contributed by atoms with Crippen LogP contribution in [0.2, 0.25) is 0 Å². The highest BCUT2D eigenvalue weighted by Crippen LogP contribution is 2.39. The van der Waals surface area contributed by atoms with Crippen LogP contribution in [0.1, 0.15) is 86.0 Å². The van der Waals surface area contributed by atoms with Gasteiger partial charge in [0.1, 0.15) is 11.7 Å². The van der Waals surface area contributed by atoms with E-state index in [0.717, 1.165) is 44.9 Å². The first-order valence-electron chi connectivity index (χ1n) is 10.4. The van der Waals surface area contributed by atoms with E-state index in [2.05, 4.69) is 52.8 Å². The second-order valence-corrected chi connectivity index (χ2v) is 7.47. The van der Waals surface area contributed by atoms with Gasteiger partial charge in [0.2, 0.25) is 0 Å². The number of hydrogen-bond donors (Lipinski definition) is 1. The summed E-state index contributed by atoms with van der Waals surface area (Å²) in [4.78, 5) is 22.5. The van der Waals surface area contributed by atoms with Gasteiger partial charge >= 0.3 is 5.97 Å². The fourth-order valence-corrected chi connectivity index (χ4v) is 3.70. The maximum atomic E-state index is 11.1. The lowest BCUT2D eigenvalue weighted by Crippen LogP contribution is -2.44. The highest BCUT2D eigenvalue weighted by molar-refractivity contribution is 5.67. The molecule has 1 N–H and O–H groups in total. The molecule has 4 heteroatoms. The van der Waals surface area contributed by atoms with Crippen LogP contribution in [0.5, 0.6) is 0 Å². The summed E-state index contributed by atoms with van der Waals surface area (Å²) < 4.78 is 0. The highest BCUT2D eigenvalue weighted by atomic mass is 17.2. The molecule has 1 aliphatic heterocycles. The van der Waals surface area contributed by atoms with E-state index < -0.39 is 11.6 Å². The lowest BCUT2D eigenvalue weighted by molar-refractivity contribution is -0.409. The molecule has 1 rings (SSSR count). The lowest BCUT2D eigenvalue weighted by atomic mass is 9.80. The number of carboxylic acid groups (broad SMARTS) is 1. The zero-order valence-electron chi connectivity index (χ0n) is 17.3. The Bertz CT molecular complexity index is 483. The molecule has 0 radical (unpaired) electrons. The predicted molar refractivity (Wildman–Crippen MR) is 106 cm³/mol. The fraction of sp³-hybridized carbons (Fsp3) is 0.773. The topological polar surface area (TPSA) is 55.8 Å². The zero-order valence-corrected chi connectivity index (χ0v) is 17.3. The monoisotopic (exact) mass is 366 g/mol. The summed E-state index contributed by atoms with van der Waals surface area (Å²) in [6, 6.07) is 0. The molecule has 0 aromatic heterocycles. The third-order valence-corrected chi connectivity index (χ3v) is 5.58. The maximum Gasteiger partial charge on any atom is 0.306 e. The average molecular weight is 367 g/mol. The first-order chi connectivity index (χ1) is 12.4. The minimum Gasteiger partial charge on any atom is -0.481 e. The van der Waals surface area contributed by atoms with Gasteiger partial charge in [0.05, 0.1) is 6.42 Å². The molecule has 0 aliphatic carbocycles. The molecule has 4 atom stereocenters. The highest BCUT2D eigenvalue weighted by Gasteiger charge is 2.41. The molecule has 1 unspecified atom stereocenters. The smallest absolute Gasteiger partial charge is 0.306 e. The Morgan fingerprint density at radius 1 is 1.27 bits per heavy atom. The Hall–Kier alpha value is -1.13. The minimum absolute atomic E-state index is 0.00235. The first-order valence-corrected chi connectivity index (χ1v) is 10.4. The van der Waals surface area contributed by atoms with Crippen LogP contribution in [0.3, 0.4) is 0 Å². The van der Waals surface area contributed by atoms with E-state index in [-0.39, 0.29) is 18.4 Å². The summed E-state index contributed by atoms with van der Waals surface area (Å²) in [5.41, 5.74) is 0.961. The molecule has 4 nitrogen and oxygen atoms in total. The van der Waals surface area contributed by atoms with Gasteiger partial charge in [-0.3, -0.25) is 4.79 Å². The predicted octanol–water partition coefficient (Wildman–Crippen LogP) is 6.08. The zero-order chi connectivity index (χ0) is 19.6. The van der Waals surface area contributed by atoms with Gasteiger partial charge in [0, 0.05) is 0 Å². The van der Waals surface area contributed by atoms with Gasteiger partial charge in [-0.15, -0.1) is 0 Å². The molecule has 0 aromatic carbocycles. The van der Waals surface area contributed by atoms with E-state index in [1.807, 2.05) is 0 Å². The SMILES string of the molecule is CC/C=C/[C@H](CC)C/C(=C/[C@]1(CC)C[C@@H](CC)C(CC(=O)O)OO1)CC. The van der Waals surface area contributed by atoms with Crippen LogP contribution in [0.4, 0.5) is 0 Å². The Morgan fingerprint density at radius 2 is 2.00 bits per heavy atom. The lowest BCUT2D eigenvalue weighted by Gasteiger charge is -2.41. The third-order valence-electron chi connectivity index (χ3n) is 5.58. The molecule has 0 bridgehead atoms. The van der Waals surface area contributed by atoms with Gasteiger partial charge in [0.25, 0.3) is 0 Å². The molecule has 1 saturated heterocycles. The second kappa shape index (κ2) is 11.6. The Balaban J connectivity index is 2.94. The van der Waals surface area contributed by atoms with Gasteiger partial charge in [-0.2, -0.15) is 0 Å². The van der Waals surface area contributed by atoms with Crippen LogP contribution in [0, 0.1) is 11.8 Å². The van der Waals surface area contributed by atoms with Gasteiger partial charge in [-0.1, -0.05) is 64.8 Å². The van der Waals surface area contributed by atoms with Crippen LogP contribution < -0.4 is 0 Å². The summed E-state index contributed by atoms with van der Waals surface area (Å²) in [5, 5.41) is 9.09. The van der Waals surface area contributed by atoms with Crippen LogP contribution in [0.15, 0.2) is 23.8 Å². The van der Waals surface area contributed by atoms with Crippen molar-refractivity contribution in [3.63, 3.8) is 0 Å². The van der Waals surface area contributed by atoms with E-state index >= 15 is 0 Å². The van der Waals surface area contributed by atoms with E-state index in [0.29, 0.717) is 5.92 Å². The van der Waals surface area contributed by atoms with Crippen LogP contribution >= 0.6 is 0 Å².